The average Bonchev–Trinajstić information content (AvgIpc) is 2.48. The Bertz CT molecular complexity index is 683. The van der Waals surface area contributed by atoms with E-state index < -0.39 is 6.10 Å². The molecule has 0 saturated heterocycles. The zero-order chi connectivity index (χ0) is 14.8. The molecular weight excluding hydrogens is 268 g/mol. The van der Waals surface area contributed by atoms with Gasteiger partial charge in [-0.3, -0.25) is 4.79 Å². The van der Waals surface area contributed by atoms with Crippen LogP contribution in [-0.4, -0.2) is 16.0 Å². The lowest BCUT2D eigenvalue weighted by Gasteiger charge is -2.18. The van der Waals surface area contributed by atoms with Gasteiger partial charge in [0.2, 0.25) is 11.8 Å². The molecule has 108 valence electrons. The fourth-order valence-electron chi connectivity index (χ4n) is 2.34. The first-order valence-electron chi connectivity index (χ1n) is 6.87. The number of aromatic nitrogens is 1. The second-order valence-electron chi connectivity index (χ2n) is 5.04. The molecule has 0 spiro atoms. The average molecular weight is 284 g/mol. The van der Waals surface area contributed by atoms with Gasteiger partial charge in [-0.2, -0.15) is 0 Å². The van der Waals surface area contributed by atoms with Crippen molar-refractivity contribution in [2.45, 2.75) is 25.9 Å². The number of pyridine rings is 1. The molecule has 5 nitrogen and oxygen atoms in total. The van der Waals surface area contributed by atoms with Crippen LogP contribution < -0.4 is 10.1 Å². The summed E-state index contributed by atoms with van der Waals surface area (Å²) in [5, 5.41) is 12.6. The molecule has 0 bridgehead atoms. The van der Waals surface area contributed by atoms with Crippen LogP contribution in [0.3, 0.4) is 0 Å². The van der Waals surface area contributed by atoms with Crippen LogP contribution in [0.2, 0.25) is 0 Å². The van der Waals surface area contributed by atoms with E-state index in [-0.39, 0.29) is 5.91 Å². The molecule has 1 aromatic carbocycles. The fourth-order valence-corrected chi connectivity index (χ4v) is 2.34. The van der Waals surface area contributed by atoms with Crippen molar-refractivity contribution >= 4 is 11.6 Å². The largest absolute Gasteiger partial charge is 0.439 e. The molecule has 0 radical (unpaired) electrons. The molecule has 21 heavy (non-hydrogen) atoms. The maximum absolute atomic E-state index is 11.3. The van der Waals surface area contributed by atoms with E-state index in [1.807, 2.05) is 12.1 Å². The highest BCUT2D eigenvalue weighted by Gasteiger charge is 2.16. The summed E-state index contributed by atoms with van der Waals surface area (Å²) >= 11 is 0. The Morgan fingerprint density at radius 1 is 1.33 bits per heavy atom. The van der Waals surface area contributed by atoms with Gasteiger partial charge < -0.3 is 15.2 Å². The summed E-state index contributed by atoms with van der Waals surface area (Å²) in [6, 6.07) is 9.05. The molecule has 0 aliphatic carbocycles. The third kappa shape index (κ3) is 2.87. The van der Waals surface area contributed by atoms with Gasteiger partial charge in [-0.1, -0.05) is 0 Å². The Hall–Kier alpha value is -2.40. The van der Waals surface area contributed by atoms with Gasteiger partial charge in [0.1, 0.15) is 5.75 Å². The number of aliphatic hydroxyl groups excluding tert-OH is 1. The maximum atomic E-state index is 11.3. The lowest BCUT2D eigenvalue weighted by molar-refractivity contribution is -0.116. The minimum absolute atomic E-state index is 0.0392. The summed E-state index contributed by atoms with van der Waals surface area (Å²) in [6.45, 7) is 1.67. The number of nitrogens with zero attached hydrogens (tertiary/aromatic N) is 1. The summed E-state index contributed by atoms with van der Waals surface area (Å²) in [5.74, 6) is 1.08. The zero-order valence-corrected chi connectivity index (χ0v) is 11.7. The standard InChI is InChI=1S/C16H16N2O3/c1-10(19)13-3-2-8-17-16(13)21-12-5-6-14-11(9-12)4-7-15(20)18-14/h2-3,5-6,8-10,19H,4,7H2,1H3,(H,18,20). The number of anilines is 1. The zero-order valence-electron chi connectivity index (χ0n) is 11.7. The number of aliphatic hydroxyl groups is 1. The van der Waals surface area contributed by atoms with Crippen LogP contribution in [0.1, 0.15) is 30.6 Å². The van der Waals surface area contributed by atoms with Crippen LogP contribution in [-0.2, 0) is 11.2 Å². The monoisotopic (exact) mass is 284 g/mol. The van der Waals surface area contributed by atoms with Gasteiger partial charge in [0.05, 0.1) is 6.10 Å². The number of benzene rings is 1. The molecule has 3 rings (SSSR count). The second-order valence-corrected chi connectivity index (χ2v) is 5.04. The van der Waals surface area contributed by atoms with E-state index in [0.29, 0.717) is 30.0 Å². The van der Waals surface area contributed by atoms with Gasteiger partial charge in [-0.05, 0) is 49.2 Å². The molecule has 1 unspecified atom stereocenters. The summed E-state index contributed by atoms with van der Waals surface area (Å²) in [7, 11) is 0. The fraction of sp³-hybridized carbons (Fsp3) is 0.250. The third-order valence-electron chi connectivity index (χ3n) is 3.44. The lowest BCUT2D eigenvalue weighted by Crippen LogP contribution is -2.18. The number of hydrogen-bond donors (Lipinski definition) is 2. The Morgan fingerprint density at radius 3 is 3.00 bits per heavy atom. The highest BCUT2D eigenvalue weighted by molar-refractivity contribution is 5.94. The molecule has 1 aliphatic rings. The molecule has 5 heteroatoms. The van der Waals surface area contributed by atoms with Crippen molar-refractivity contribution in [3.63, 3.8) is 0 Å². The van der Waals surface area contributed by atoms with Gasteiger partial charge in [0.25, 0.3) is 0 Å². The van der Waals surface area contributed by atoms with Gasteiger partial charge in [0.15, 0.2) is 0 Å². The number of carbonyl (C=O) groups excluding carboxylic acids is 1. The van der Waals surface area contributed by atoms with Crippen molar-refractivity contribution in [1.82, 2.24) is 4.98 Å². The predicted octanol–water partition coefficient (Wildman–Crippen LogP) is 2.81. The Balaban J connectivity index is 1.88. The molecule has 0 fully saturated rings. The third-order valence-corrected chi connectivity index (χ3v) is 3.44. The number of rotatable bonds is 3. The SMILES string of the molecule is CC(O)c1cccnc1Oc1ccc2c(c1)CCC(=O)N2. The Kier molecular flexibility index (Phi) is 3.58. The molecule has 1 aliphatic heterocycles. The summed E-state index contributed by atoms with van der Waals surface area (Å²) in [6.07, 6.45) is 2.16. The van der Waals surface area contributed by atoms with Crippen LogP contribution in [0.25, 0.3) is 0 Å². The van der Waals surface area contributed by atoms with E-state index >= 15 is 0 Å². The number of fused-ring (bicyclic) bond motifs is 1. The molecule has 1 amide bonds. The van der Waals surface area contributed by atoms with E-state index in [1.165, 1.54) is 0 Å². The number of nitrogens with one attached hydrogen (secondary N) is 1. The lowest BCUT2D eigenvalue weighted by atomic mass is 10.0. The Labute approximate surface area is 122 Å². The molecule has 0 saturated carbocycles. The van der Waals surface area contributed by atoms with Crippen molar-refractivity contribution in [2.24, 2.45) is 0 Å². The van der Waals surface area contributed by atoms with Crippen LogP contribution in [0.5, 0.6) is 11.6 Å². The maximum Gasteiger partial charge on any atom is 0.225 e. The minimum Gasteiger partial charge on any atom is -0.439 e. The van der Waals surface area contributed by atoms with E-state index in [1.54, 1.807) is 31.3 Å². The second kappa shape index (κ2) is 5.54. The van der Waals surface area contributed by atoms with Crippen LogP contribution in [0, 0.1) is 0 Å². The molecule has 1 aromatic heterocycles. The van der Waals surface area contributed by atoms with Gasteiger partial charge in [0, 0.05) is 23.9 Å². The van der Waals surface area contributed by atoms with Crippen LogP contribution in [0.4, 0.5) is 5.69 Å². The van der Waals surface area contributed by atoms with E-state index in [0.717, 1.165) is 11.3 Å². The highest BCUT2D eigenvalue weighted by atomic mass is 16.5. The first kappa shape index (κ1) is 13.6. The van der Waals surface area contributed by atoms with Crippen molar-refractivity contribution < 1.29 is 14.6 Å². The van der Waals surface area contributed by atoms with Crippen molar-refractivity contribution in [1.29, 1.82) is 0 Å². The van der Waals surface area contributed by atoms with E-state index in [4.69, 9.17) is 4.74 Å². The molecule has 2 aromatic rings. The van der Waals surface area contributed by atoms with Crippen molar-refractivity contribution in [2.75, 3.05) is 5.32 Å². The van der Waals surface area contributed by atoms with Crippen LogP contribution in [0.15, 0.2) is 36.5 Å². The van der Waals surface area contributed by atoms with Crippen LogP contribution >= 0.6 is 0 Å². The summed E-state index contributed by atoms with van der Waals surface area (Å²) in [4.78, 5) is 15.5. The van der Waals surface area contributed by atoms with Gasteiger partial charge in [-0.15, -0.1) is 0 Å². The molecule has 2 heterocycles. The molecular formula is C16H16N2O3. The van der Waals surface area contributed by atoms with Crippen molar-refractivity contribution in [3.05, 3.63) is 47.7 Å². The molecule has 2 N–H and O–H groups in total. The smallest absolute Gasteiger partial charge is 0.225 e. The number of carbonyl (C=O) groups is 1. The predicted molar refractivity (Wildman–Crippen MR) is 78.3 cm³/mol. The Morgan fingerprint density at radius 2 is 2.19 bits per heavy atom. The number of ether oxygens (including phenoxy) is 1. The van der Waals surface area contributed by atoms with E-state index in [2.05, 4.69) is 10.3 Å². The topological polar surface area (TPSA) is 71.5 Å². The molecule has 1 atom stereocenters. The summed E-state index contributed by atoms with van der Waals surface area (Å²) in [5.41, 5.74) is 2.51. The number of aryl methyl sites for hydroxylation is 1. The van der Waals surface area contributed by atoms with Gasteiger partial charge >= 0.3 is 0 Å². The first-order valence-corrected chi connectivity index (χ1v) is 6.87. The normalized spacial score (nSPS) is 15.0. The van der Waals surface area contributed by atoms with Gasteiger partial charge in [-0.25, -0.2) is 4.98 Å². The summed E-state index contributed by atoms with van der Waals surface area (Å²) < 4.78 is 5.78. The highest BCUT2D eigenvalue weighted by Crippen LogP contribution is 2.31. The number of amides is 1. The first-order chi connectivity index (χ1) is 10.1. The number of hydrogen-bond acceptors (Lipinski definition) is 4. The van der Waals surface area contributed by atoms with Crippen molar-refractivity contribution in [3.8, 4) is 11.6 Å². The van der Waals surface area contributed by atoms with E-state index in [9.17, 15) is 9.90 Å². The minimum atomic E-state index is -0.648. The quantitative estimate of drug-likeness (QED) is 0.909.